The van der Waals surface area contributed by atoms with Gasteiger partial charge in [-0.1, -0.05) is 131 Å². The SMILES string of the molecule is Cc1ccc(N(c2ccc(C)cc2)c2ccc(N(c3ccc(N(c4ccc(C)cc4)c4ccc(C)cc4)cc3)C(c3ccccc3)c3ccccc3)cc2)cc1. The fourth-order valence-electron chi connectivity index (χ4n) is 7.40. The van der Waals surface area contributed by atoms with Crippen LogP contribution in [0.25, 0.3) is 0 Å². The molecule has 0 radical (unpaired) electrons. The van der Waals surface area contributed by atoms with E-state index in [-0.39, 0.29) is 6.04 Å². The van der Waals surface area contributed by atoms with Crippen molar-refractivity contribution in [2.75, 3.05) is 14.7 Å². The molecule has 0 aliphatic heterocycles. The van der Waals surface area contributed by atoms with Crippen molar-refractivity contribution >= 4 is 45.5 Å². The predicted molar refractivity (Wildman–Crippen MR) is 238 cm³/mol. The summed E-state index contributed by atoms with van der Waals surface area (Å²) in [5.74, 6) is 0. The molecule has 0 bridgehead atoms. The van der Waals surface area contributed by atoms with E-state index >= 15 is 0 Å². The first-order valence-corrected chi connectivity index (χ1v) is 19.4. The molecule has 8 aromatic carbocycles. The number of hydrogen-bond donors (Lipinski definition) is 0. The molecule has 8 rings (SSSR count). The summed E-state index contributed by atoms with van der Waals surface area (Å²) in [5, 5.41) is 0. The molecule has 3 heteroatoms. The fourth-order valence-corrected chi connectivity index (χ4v) is 7.40. The van der Waals surface area contributed by atoms with Gasteiger partial charge in [0.05, 0.1) is 6.04 Å². The van der Waals surface area contributed by atoms with Gasteiger partial charge < -0.3 is 14.7 Å². The standard InChI is InChI=1S/C53H47N3/c1-39-15-23-45(24-16-39)54(46-25-17-40(2)18-26-46)49-31-35-51(36-32-49)56(53(43-11-7-5-8-12-43)44-13-9-6-10-14-44)52-37-33-50(34-38-52)55(47-27-19-41(3)20-28-47)48-29-21-42(4)22-30-48/h5-38,53H,1-4H3. The van der Waals surface area contributed by atoms with Crippen LogP contribution in [0.3, 0.4) is 0 Å². The molecule has 0 aliphatic rings. The highest BCUT2D eigenvalue weighted by Gasteiger charge is 2.26. The molecule has 0 aromatic heterocycles. The molecule has 0 fully saturated rings. The Morgan fingerprint density at radius 1 is 0.250 bits per heavy atom. The van der Waals surface area contributed by atoms with Crippen LogP contribution in [-0.2, 0) is 0 Å². The van der Waals surface area contributed by atoms with Crippen molar-refractivity contribution in [3.05, 3.63) is 240 Å². The van der Waals surface area contributed by atoms with Gasteiger partial charge in [0.25, 0.3) is 0 Å². The Balaban J connectivity index is 1.25. The number of nitrogens with zero attached hydrogens (tertiary/aromatic N) is 3. The zero-order chi connectivity index (χ0) is 38.4. The lowest BCUT2D eigenvalue weighted by Crippen LogP contribution is -2.25. The Morgan fingerprint density at radius 3 is 0.714 bits per heavy atom. The van der Waals surface area contributed by atoms with E-state index in [9.17, 15) is 0 Å². The zero-order valence-corrected chi connectivity index (χ0v) is 32.5. The maximum atomic E-state index is 2.47. The molecule has 8 aromatic rings. The Hall–Kier alpha value is -6.84. The molecule has 0 unspecified atom stereocenters. The van der Waals surface area contributed by atoms with Gasteiger partial charge in [0.15, 0.2) is 0 Å². The lowest BCUT2D eigenvalue weighted by Gasteiger charge is -2.36. The van der Waals surface area contributed by atoms with Gasteiger partial charge in [0, 0.05) is 45.5 Å². The molecule has 0 saturated heterocycles. The maximum absolute atomic E-state index is 2.47. The van der Waals surface area contributed by atoms with Crippen molar-refractivity contribution in [2.45, 2.75) is 33.7 Å². The van der Waals surface area contributed by atoms with Gasteiger partial charge in [-0.15, -0.1) is 0 Å². The average Bonchev–Trinajstić information content (AvgIpc) is 3.24. The normalized spacial score (nSPS) is 11.0. The van der Waals surface area contributed by atoms with E-state index in [1.807, 2.05) is 0 Å². The second-order valence-corrected chi connectivity index (χ2v) is 14.6. The third-order valence-electron chi connectivity index (χ3n) is 10.4. The first-order chi connectivity index (χ1) is 27.4. The second-order valence-electron chi connectivity index (χ2n) is 14.6. The van der Waals surface area contributed by atoms with Gasteiger partial charge in [0.2, 0.25) is 0 Å². The first-order valence-electron chi connectivity index (χ1n) is 19.4. The highest BCUT2D eigenvalue weighted by molar-refractivity contribution is 5.81. The lowest BCUT2D eigenvalue weighted by molar-refractivity contribution is 0.820. The molecule has 0 atom stereocenters. The van der Waals surface area contributed by atoms with E-state index < -0.39 is 0 Å². The minimum atomic E-state index is -0.0790. The second kappa shape index (κ2) is 16.3. The van der Waals surface area contributed by atoms with Gasteiger partial charge in [-0.25, -0.2) is 0 Å². The van der Waals surface area contributed by atoms with Crippen LogP contribution in [0.15, 0.2) is 206 Å². The van der Waals surface area contributed by atoms with E-state index in [4.69, 9.17) is 0 Å². The van der Waals surface area contributed by atoms with Gasteiger partial charge in [-0.3, -0.25) is 0 Å². The summed E-state index contributed by atoms with van der Waals surface area (Å²) in [6.07, 6.45) is 0. The fraction of sp³-hybridized carbons (Fsp3) is 0.0943. The molecule has 56 heavy (non-hydrogen) atoms. The predicted octanol–water partition coefficient (Wildman–Crippen LogP) is 14.8. The third-order valence-corrected chi connectivity index (χ3v) is 10.4. The van der Waals surface area contributed by atoms with Crippen LogP contribution < -0.4 is 14.7 Å². The van der Waals surface area contributed by atoms with Crippen LogP contribution in [0, 0.1) is 27.7 Å². The molecule has 0 heterocycles. The van der Waals surface area contributed by atoms with Crippen LogP contribution in [0.2, 0.25) is 0 Å². The van der Waals surface area contributed by atoms with E-state index in [1.54, 1.807) is 0 Å². The van der Waals surface area contributed by atoms with E-state index in [0.29, 0.717) is 0 Å². The van der Waals surface area contributed by atoms with Crippen molar-refractivity contribution < 1.29 is 0 Å². The number of benzene rings is 8. The van der Waals surface area contributed by atoms with Crippen molar-refractivity contribution in [1.29, 1.82) is 0 Å². The van der Waals surface area contributed by atoms with Crippen molar-refractivity contribution in [3.8, 4) is 0 Å². The Morgan fingerprint density at radius 2 is 0.464 bits per heavy atom. The third kappa shape index (κ3) is 7.85. The molecule has 0 saturated carbocycles. The Labute approximate surface area is 332 Å². The minimum absolute atomic E-state index is 0.0790. The van der Waals surface area contributed by atoms with Gasteiger partial charge >= 0.3 is 0 Å². The molecule has 0 aliphatic carbocycles. The number of anilines is 8. The van der Waals surface area contributed by atoms with Crippen LogP contribution in [0.4, 0.5) is 45.5 Å². The monoisotopic (exact) mass is 725 g/mol. The topological polar surface area (TPSA) is 9.72 Å². The Bertz CT molecular complexity index is 2190. The summed E-state index contributed by atoms with van der Waals surface area (Å²) < 4.78 is 0. The summed E-state index contributed by atoms with van der Waals surface area (Å²) in [4.78, 5) is 7.14. The number of hydrogen-bond acceptors (Lipinski definition) is 3. The van der Waals surface area contributed by atoms with Gasteiger partial charge in [-0.05, 0) is 136 Å². The molecule has 274 valence electrons. The van der Waals surface area contributed by atoms with Gasteiger partial charge in [-0.2, -0.15) is 0 Å². The van der Waals surface area contributed by atoms with E-state index in [2.05, 4.69) is 249 Å². The molecule has 0 amide bonds. The highest BCUT2D eigenvalue weighted by Crippen LogP contribution is 2.43. The molecule has 0 N–H and O–H groups in total. The lowest BCUT2D eigenvalue weighted by atomic mass is 9.95. The quantitative estimate of drug-likeness (QED) is 0.131. The molecular formula is C53H47N3. The number of aryl methyl sites for hydroxylation is 4. The molecular weight excluding hydrogens is 679 g/mol. The summed E-state index contributed by atoms with van der Waals surface area (Å²) in [6.45, 7) is 8.53. The largest absolute Gasteiger partial charge is 0.330 e. The summed E-state index contributed by atoms with van der Waals surface area (Å²) >= 11 is 0. The van der Waals surface area contributed by atoms with Crippen molar-refractivity contribution in [2.24, 2.45) is 0 Å². The first kappa shape index (κ1) is 36.2. The minimum Gasteiger partial charge on any atom is -0.330 e. The molecule has 0 spiro atoms. The summed E-state index contributed by atoms with van der Waals surface area (Å²) in [5.41, 5.74) is 16.3. The average molecular weight is 726 g/mol. The van der Waals surface area contributed by atoms with Crippen LogP contribution in [-0.4, -0.2) is 0 Å². The zero-order valence-electron chi connectivity index (χ0n) is 32.5. The summed E-state index contributed by atoms with van der Waals surface area (Å²) in [6, 6.07) is 74.7. The van der Waals surface area contributed by atoms with E-state index in [1.165, 1.54) is 33.4 Å². The highest BCUT2D eigenvalue weighted by atomic mass is 15.2. The number of rotatable bonds is 11. The van der Waals surface area contributed by atoms with Gasteiger partial charge in [0.1, 0.15) is 0 Å². The van der Waals surface area contributed by atoms with E-state index in [0.717, 1.165) is 45.5 Å². The maximum Gasteiger partial charge on any atom is 0.0844 e. The van der Waals surface area contributed by atoms with Crippen molar-refractivity contribution in [3.63, 3.8) is 0 Å². The molecule has 3 nitrogen and oxygen atoms in total. The van der Waals surface area contributed by atoms with Crippen LogP contribution in [0.5, 0.6) is 0 Å². The van der Waals surface area contributed by atoms with Crippen LogP contribution in [0.1, 0.15) is 39.4 Å². The smallest absolute Gasteiger partial charge is 0.0844 e. The van der Waals surface area contributed by atoms with Crippen LogP contribution >= 0.6 is 0 Å². The summed E-state index contributed by atoms with van der Waals surface area (Å²) in [7, 11) is 0. The van der Waals surface area contributed by atoms with Crippen molar-refractivity contribution in [1.82, 2.24) is 0 Å². The Kier molecular flexibility index (Phi) is 10.5.